The van der Waals surface area contributed by atoms with Crippen LogP contribution in [0, 0.1) is 26.7 Å². The molecule has 2 aromatic rings. The van der Waals surface area contributed by atoms with Crippen LogP contribution in [0.4, 0.5) is 0 Å². The summed E-state index contributed by atoms with van der Waals surface area (Å²) in [6.07, 6.45) is 4.30. The second-order valence-electron chi connectivity index (χ2n) is 8.14. The van der Waals surface area contributed by atoms with Crippen molar-refractivity contribution in [2.45, 2.75) is 58.5 Å². The fourth-order valence-corrected chi connectivity index (χ4v) is 4.47. The highest BCUT2D eigenvalue weighted by Crippen LogP contribution is 2.45. The van der Waals surface area contributed by atoms with Gasteiger partial charge in [-0.05, 0) is 63.1 Å². The third kappa shape index (κ3) is 2.86. The molecule has 1 unspecified atom stereocenters. The average molecular weight is 340 g/mol. The Morgan fingerprint density at radius 1 is 1.28 bits per heavy atom. The van der Waals surface area contributed by atoms with Gasteiger partial charge in [0.2, 0.25) is 5.91 Å². The summed E-state index contributed by atoms with van der Waals surface area (Å²) in [5.74, 6) is 0.456. The lowest BCUT2D eigenvalue weighted by atomic mass is 9.90. The molecule has 1 aliphatic heterocycles. The van der Waals surface area contributed by atoms with Gasteiger partial charge in [-0.25, -0.2) is 0 Å². The highest BCUT2D eigenvalue weighted by Gasteiger charge is 2.49. The zero-order chi connectivity index (χ0) is 17.8. The van der Waals surface area contributed by atoms with Gasteiger partial charge in [-0.3, -0.25) is 4.79 Å². The number of nitrogens with one attached hydrogen (secondary N) is 1. The molecule has 25 heavy (non-hydrogen) atoms. The van der Waals surface area contributed by atoms with E-state index in [1.54, 1.807) is 0 Å². The zero-order valence-corrected chi connectivity index (χ0v) is 15.5. The van der Waals surface area contributed by atoms with Crippen LogP contribution in [0.3, 0.4) is 0 Å². The number of benzene rings is 1. The summed E-state index contributed by atoms with van der Waals surface area (Å²) in [5, 5.41) is 11.6. The minimum absolute atomic E-state index is 0.193. The van der Waals surface area contributed by atoms with Crippen molar-refractivity contribution in [1.29, 1.82) is 0 Å². The number of aromatic nitrogens is 1. The second kappa shape index (κ2) is 5.87. The molecule has 2 aliphatic rings. The van der Waals surface area contributed by atoms with Gasteiger partial charge in [0, 0.05) is 35.6 Å². The number of aliphatic hydroxyl groups is 1. The van der Waals surface area contributed by atoms with E-state index in [4.69, 9.17) is 0 Å². The maximum absolute atomic E-state index is 13.0. The van der Waals surface area contributed by atoms with E-state index in [-0.39, 0.29) is 11.8 Å². The maximum atomic E-state index is 13.0. The third-order valence-corrected chi connectivity index (χ3v) is 6.31. The van der Waals surface area contributed by atoms with Gasteiger partial charge in [0.25, 0.3) is 0 Å². The SMILES string of the molecule is Cc1[nH]c2c(C)ccc(C)c2c1CC(=O)N1CCCC(C2(O)CC2)C1. The van der Waals surface area contributed by atoms with E-state index < -0.39 is 5.60 Å². The largest absolute Gasteiger partial charge is 0.390 e. The number of aromatic amines is 1. The van der Waals surface area contributed by atoms with Crippen molar-refractivity contribution in [2.75, 3.05) is 13.1 Å². The number of nitrogens with zero attached hydrogens (tertiary/aromatic N) is 1. The summed E-state index contributed by atoms with van der Waals surface area (Å²) in [6.45, 7) is 7.82. The normalized spacial score (nSPS) is 22.4. The van der Waals surface area contributed by atoms with Crippen molar-refractivity contribution in [3.05, 3.63) is 34.5 Å². The molecule has 4 nitrogen and oxygen atoms in total. The Bertz CT molecular complexity index is 832. The van der Waals surface area contributed by atoms with Crippen LogP contribution in [0.25, 0.3) is 10.9 Å². The number of rotatable bonds is 3. The van der Waals surface area contributed by atoms with Gasteiger partial charge in [-0.1, -0.05) is 12.1 Å². The van der Waals surface area contributed by atoms with E-state index >= 15 is 0 Å². The Hall–Kier alpha value is -1.81. The monoisotopic (exact) mass is 340 g/mol. The fourth-order valence-electron chi connectivity index (χ4n) is 4.47. The molecule has 2 N–H and O–H groups in total. The molecule has 134 valence electrons. The molecule has 1 aliphatic carbocycles. The molecule has 1 aromatic carbocycles. The number of aryl methyl sites for hydroxylation is 3. The molecule has 0 bridgehead atoms. The van der Waals surface area contributed by atoms with Crippen LogP contribution in [0.1, 0.15) is 48.1 Å². The maximum Gasteiger partial charge on any atom is 0.227 e. The minimum atomic E-state index is -0.483. The number of hydrogen-bond acceptors (Lipinski definition) is 2. The van der Waals surface area contributed by atoms with Crippen molar-refractivity contribution >= 4 is 16.8 Å². The van der Waals surface area contributed by atoms with E-state index in [2.05, 4.69) is 37.9 Å². The van der Waals surface area contributed by atoms with Crippen LogP contribution < -0.4 is 0 Å². The molecule has 1 saturated heterocycles. The predicted molar refractivity (Wildman–Crippen MR) is 99.7 cm³/mol. The lowest BCUT2D eigenvalue weighted by molar-refractivity contribution is -0.133. The van der Waals surface area contributed by atoms with Crippen molar-refractivity contribution in [3.63, 3.8) is 0 Å². The van der Waals surface area contributed by atoms with E-state index in [9.17, 15) is 9.90 Å². The van der Waals surface area contributed by atoms with E-state index in [0.717, 1.165) is 55.5 Å². The molecular weight excluding hydrogens is 312 g/mol. The second-order valence-corrected chi connectivity index (χ2v) is 8.14. The van der Waals surface area contributed by atoms with Crippen molar-refractivity contribution < 1.29 is 9.90 Å². The summed E-state index contributed by atoms with van der Waals surface area (Å²) in [5.41, 5.74) is 5.34. The van der Waals surface area contributed by atoms with Crippen LogP contribution in [-0.2, 0) is 11.2 Å². The van der Waals surface area contributed by atoms with Crippen molar-refractivity contribution in [2.24, 2.45) is 5.92 Å². The Morgan fingerprint density at radius 3 is 2.72 bits per heavy atom. The van der Waals surface area contributed by atoms with Gasteiger partial charge in [0.05, 0.1) is 12.0 Å². The lowest BCUT2D eigenvalue weighted by Gasteiger charge is -2.35. The van der Waals surface area contributed by atoms with Crippen LogP contribution in [0.5, 0.6) is 0 Å². The smallest absolute Gasteiger partial charge is 0.227 e. The van der Waals surface area contributed by atoms with Gasteiger partial charge in [0.1, 0.15) is 0 Å². The molecule has 1 aromatic heterocycles. The summed E-state index contributed by atoms with van der Waals surface area (Å²) in [7, 11) is 0. The Labute approximate surface area is 149 Å². The fraction of sp³-hybridized carbons (Fsp3) is 0.571. The molecule has 0 radical (unpaired) electrons. The Balaban J connectivity index is 1.58. The standard InChI is InChI=1S/C21H28N2O2/c1-13-6-7-14(2)20-19(13)17(15(3)22-20)11-18(24)23-10-4-5-16(12-23)21(25)8-9-21/h6-7,16,22,25H,4-5,8-12H2,1-3H3. The van der Waals surface area contributed by atoms with Gasteiger partial charge in [-0.2, -0.15) is 0 Å². The van der Waals surface area contributed by atoms with Gasteiger partial charge in [0.15, 0.2) is 0 Å². The molecule has 0 spiro atoms. The number of likely N-dealkylation sites (tertiary alicyclic amines) is 1. The Morgan fingerprint density at radius 2 is 2.00 bits per heavy atom. The first-order chi connectivity index (χ1) is 11.9. The van der Waals surface area contributed by atoms with Gasteiger partial charge in [-0.15, -0.1) is 0 Å². The van der Waals surface area contributed by atoms with Crippen LogP contribution in [0.15, 0.2) is 12.1 Å². The Kier molecular flexibility index (Phi) is 3.91. The van der Waals surface area contributed by atoms with E-state index in [0.29, 0.717) is 6.42 Å². The summed E-state index contributed by atoms with van der Waals surface area (Å²) in [4.78, 5) is 18.4. The molecule has 1 atom stereocenters. The zero-order valence-electron chi connectivity index (χ0n) is 15.5. The molecule has 4 rings (SSSR count). The highest BCUT2D eigenvalue weighted by atomic mass is 16.3. The van der Waals surface area contributed by atoms with Gasteiger partial charge < -0.3 is 15.0 Å². The first-order valence-corrected chi connectivity index (χ1v) is 9.46. The number of H-pyrrole nitrogens is 1. The first-order valence-electron chi connectivity index (χ1n) is 9.46. The van der Waals surface area contributed by atoms with E-state index in [1.807, 2.05) is 4.90 Å². The number of carbonyl (C=O) groups is 1. The molecule has 1 saturated carbocycles. The molecule has 2 heterocycles. The number of carbonyl (C=O) groups excluding carboxylic acids is 1. The van der Waals surface area contributed by atoms with Crippen LogP contribution >= 0.6 is 0 Å². The van der Waals surface area contributed by atoms with Crippen molar-refractivity contribution in [1.82, 2.24) is 9.88 Å². The molecular formula is C21H28N2O2. The number of hydrogen-bond donors (Lipinski definition) is 2. The minimum Gasteiger partial charge on any atom is -0.390 e. The van der Waals surface area contributed by atoms with Crippen LogP contribution in [0.2, 0.25) is 0 Å². The van der Waals surface area contributed by atoms with E-state index in [1.165, 1.54) is 16.5 Å². The highest BCUT2D eigenvalue weighted by molar-refractivity contribution is 5.93. The van der Waals surface area contributed by atoms with Gasteiger partial charge >= 0.3 is 0 Å². The summed E-state index contributed by atoms with van der Waals surface area (Å²) >= 11 is 0. The third-order valence-electron chi connectivity index (χ3n) is 6.31. The molecule has 2 fully saturated rings. The lowest BCUT2D eigenvalue weighted by Crippen LogP contribution is -2.44. The number of amides is 1. The first kappa shape index (κ1) is 16.6. The average Bonchev–Trinajstić information content (AvgIpc) is 3.27. The quantitative estimate of drug-likeness (QED) is 0.900. The topological polar surface area (TPSA) is 56.3 Å². The number of piperidine rings is 1. The summed E-state index contributed by atoms with van der Waals surface area (Å²) < 4.78 is 0. The van der Waals surface area contributed by atoms with Crippen LogP contribution in [-0.4, -0.2) is 39.6 Å². The molecule has 4 heteroatoms. The number of fused-ring (bicyclic) bond motifs is 1. The molecule has 1 amide bonds. The summed E-state index contributed by atoms with van der Waals surface area (Å²) in [6, 6.07) is 4.27. The van der Waals surface area contributed by atoms with Crippen molar-refractivity contribution in [3.8, 4) is 0 Å². The predicted octanol–water partition coefficient (Wildman–Crippen LogP) is 3.40.